The van der Waals surface area contributed by atoms with Crippen molar-refractivity contribution in [3.05, 3.63) is 12.2 Å². The number of allylic oxidation sites excluding steroid dienone is 1. The number of hydrogen-bond donors (Lipinski definition) is 1. The van der Waals surface area contributed by atoms with Crippen molar-refractivity contribution >= 4 is 6.29 Å². The predicted octanol–water partition coefficient (Wildman–Crippen LogP) is 0.351. The smallest absolute Gasteiger partial charge is 0.142 e. The van der Waals surface area contributed by atoms with Gasteiger partial charge in [0, 0.05) is 6.54 Å². The molecule has 1 atom stereocenters. The Morgan fingerprint density at radius 2 is 2.44 bits per heavy atom. The van der Waals surface area contributed by atoms with E-state index in [2.05, 4.69) is 5.32 Å². The van der Waals surface area contributed by atoms with E-state index in [1.54, 1.807) is 6.08 Å². The fourth-order valence-electron chi connectivity index (χ4n) is 1.04. The molecule has 50 valence electrons. The van der Waals surface area contributed by atoms with Crippen LogP contribution in [0.5, 0.6) is 0 Å². The van der Waals surface area contributed by atoms with E-state index in [1.807, 2.05) is 6.08 Å². The normalized spacial score (nSPS) is 27.3. The molecule has 0 aromatic heterocycles. The summed E-state index contributed by atoms with van der Waals surface area (Å²) >= 11 is 0. The Morgan fingerprint density at radius 3 is 3.00 bits per heavy atom. The topological polar surface area (TPSA) is 29.1 Å². The Morgan fingerprint density at radius 1 is 1.56 bits per heavy atom. The monoisotopic (exact) mass is 125 g/mol. The van der Waals surface area contributed by atoms with Gasteiger partial charge in [0.2, 0.25) is 0 Å². The maximum absolute atomic E-state index is 9.85. The van der Waals surface area contributed by atoms with Crippen molar-refractivity contribution in [1.82, 2.24) is 5.32 Å². The first kappa shape index (κ1) is 6.49. The zero-order valence-electron chi connectivity index (χ0n) is 5.34. The first-order chi connectivity index (χ1) is 4.43. The lowest BCUT2D eigenvalue weighted by molar-refractivity contribution is -0.104. The average Bonchev–Trinajstić information content (AvgIpc) is 2.34. The lowest BCUT2D eigenvalue weighted by Crippen LogP contribution is -2.07. The van der Waals surface area contributed by atoms with Crippen LogP contribution in [0, 0.1) is 5.92 Å². The molecule has 1 rings (SSSR count). The van der Waals surface area contributed by atoms with Gasteiger partial charge in [-0.05, 0) is 25.0 Å². The van der Waals surface area contributed by atoms with E-state index in [0.29, 0.717) is 5.92 Å². The quantitative estimate of drug-likeness (QED) is 0.426. The Bertz CT molecular complexity index is 114. The third-order valence-corrected chi connectivity index (χ3v) is 1.56. The predicted molar refractivity (Wildman–Crippen MR) is 36.2 cm³/mol. The highest BCUT2D eigenvalue weighted by Crippen LogP contribution is 2.07. The lowest BCUT2D eigenvalue weighted by Gasteiger charge is -1.95. The third kappa shape index (κ3) is 1.98. The van der Waals surface area contributed by atoms with Crippen LogP contribution >= 0.6 is 0 Å². The Balaban J connectivity index is 2.25. The summed E-state index contributed by atoms with van der Waals surface area (Å²) in [7, 11) is 0. The van der Waals surface area contributed by atoms with Gasteiger partial charge in [0.05, 0.1) is 0 Å². The molecule has 1 aliphatic heterocycles. The lowest BCUT2D eigenvalue weighted by atomic mass is 10.1. The Kier molecular flexibility index (Phi) is 2.46. The standard InChI is InChI=1S/C7H11NO/c9-5-1-2-7-3-4-8-6-7/h1-2,5,7-8H,3-4,6H2/b2-1+. The number of aldehydes is 1. The molecule has 1 aliphatic rings. The molecule has 1 saturated heterocycles. The molecular weight excluding hydrogens is 114 g/mol. The van der Waals surface area contributed by atoms with Crippen molar-refractivity contribution in [3.8, 4) is 0 Å². The number of carbonyl (C=O) groups is 1. The molecule has 0 aromatic rings. The van der Waals surface area contributed by atoms with E-state index >= 15 is 0 Å². The van der Waals surface area contributed by atoms with Crippen LogP contribution in [-0.4, -0.2) is 19.4 Å². The molecule has 0 bridgehead atoms. The van der Waals surface area contributed by atoms with E-state index in [-0.39, 0.29) is 0 Å². The zero-order chi connectivity index (χ0) is 6.53. The minimum Gasteiger partial charge on any atom is -0.316 e. The number of carbonyl (C=O) groups excluding carboxylic acids is 1. The van der Waals surface area contributed by atoms with Crippen molar-refractivity contribution in [2.45, 2.75) is 6.42 Å². The molecule has 0 saturated carbocycles. The molecule has 0 aromatic carbocycles. The van der Waals surface area contributed by atoms with Crippen LogP contribution in [0.3, 0.4) is 0 Å². The fraction of sp³-hybridized carbons (Fsp3) is 0.571. The summed E-state index contributed by atoms with van der Waals surface area (Å²) in [4.78, 5) is 9.85. The van der Waals surface area contributed by atoms with Gasteiger partial charge in [-0.15, -0.1) is 0 Å². The molecule has 1 N–H and O–H groups in total. The van der Waals surface area contributed by atoms with Crippen molar-refractivity contribution in [3.63, 3.8) is 0 Å². The summed E-state index contributed by atoms with van der Waals surface area (Å²) in [5.74, 6) is 0.593. The van der Waals surface area contributed by atoms with Crippen molar-refractivity contribution in [1.29, 1.82) is 0 Å². The molecule has 0 spiro atoms. The van der Waals surface area contributed by atoms with Gasteiger partial charge in [0.15, 0.2) is 0 Å². The minimum atomic E-state index is 0.593. The highest BCUT2D eigenvalue weighted by atomic mass is 16.1. The fourth-order valence-corrected chi connectivity index (χ4v) is 1.04. The molecular formula is C7H11NO. The van der Waals surface area contributed by atoms with Gasteiger partial charge in [-0.1, -0.05) is 6.08 Å². The summed E-state index contributed by atoms with van der Waals surface area (Å²) in [5.41, 5.74) is 0. The Hall–Kier alpha value is -0.630. The minimum absolute atomic E-state index is 0.593. The van der Waals surface area contributed by atoms with Gasteiger partial charge >= 0.3 is 0 Å². The molecule has 1 fully saturated rings. The molecule has 0 amide bonds. The molecule has 2 heteroatoms. The summed E-state index contributed by atoms with van der Waals surface area (Å²) < 4.78 is 0. The first-order valence-electron chi connectivity index (χ1n) is 3.26. The van der Waals surface area contributed by atoms with Crippen molar-refractivity contribution in [2.75, 3.05) is 13.1 Å². The van der Waals surface area contributed by atoms with E-state index in [0.717, 1.165) is 19.4 Å². The van der Waals surface area contributed by atoms with Crippen molar-refractivity contribution in [2.24, 2.45) is 5.92 Å². The van der Waals surface area contributed by atoms with Gasteiger partial charge < -0.3 is 5.32 Å². The van der Waals surface area contributed by atoms with Gasteiger partial charge in [0.1, 0.15) is 6.29 Å². The second-order valence-electron chi connectivity index (χ2n) is 2.27. The Labute approximate surface area is 54.9 Å². The summed E-state index contributed by atoms with van der Waals surface area (Å²) in [6, 6.07) is 0. The molecule has 0 aliphatic carbocycles. The van der Waals surface area contributed by atoms with Crippen LogP contribution in [0.25, 0.3) is 0 Å². The average molecular weight is 125 g/mol. The third-order valence-electron chi connectivity index (χ3n) is 1.56. The van der Waals surface area contributed by atoms with Crippen LogP contribution in [0.1, 0.15) is 6.42 Å². The molecule has 2 nitrogen and oxygen atoms in total. The van der Waals surface area contributed by atoms with Gasteiger partial charge in [-0.2, -0.15) is 0 Å². The molecule has 1 unspecified atom stereocenters. The largest absolute Gasteiger partial charge is 0.316 e. The van der Waals surface area contributed by atoms with E-state index < -0.39 is 0 Å². The summed E-state index contributed by atoms with van der Waals surface area (Å²) in [5, 5.41) is 3.21. The second-order valence-corrected chi connectivity index (χ2v) is 2.27. The SMILES string of the molecule is O=C/C=C/C1CCNC1. The highest BCUT2D eigenvalue weighted by molar-refractivity contribution is 5.64. The first-order valence-corrected chi connectivity index (χ1v) is 3.26. The summed E-state index contributed by atoms with van der Waals surface area (Å²) in [6.45, 7) is 2.12. The highest BCUT2D eigenvalue weighted by Gasteiger charge is 2.09. The van der Waals surface area contributed by atoms with Crippen LogP contribution in [-0.2, 0) is 4.79 Å². The van der Waals surface area contributed by atoms with Gasteiger partial charge in [0.25, 0.3) is 0 Å². The number of hydrogen-bond acceptors (Lipinski definition) is 2. The van der Waals surface area contributed by atoms with Crippen LogP contribution < -0.4 is 5.32 Å². The van der Waals surface area contributed by atoms with Crippen molar-refractivity contribution < 1.29 is 4.79 Å². The van der Waals surface area contributed by atoms with Gasteiger partial charge in [-0.3, -0.25) is 4.79 Å². The van der Waals surface area contributed by atoms with E-state index in [9.17, 15) is 4.79 Å². The summed E-state index contributed by atoms with van der Waals surface area (Å²) in [6.07, 6.45) is 5.55. The number of rotatable bonds is 2. The van der Waals surface area contributed by atoms with Gasteiger partial charge in [-0.25, -0.2) is 0 Å². The second kappa shape index (κ2) is 3.41. The molecule has 0 radical (unpaired) electrons. The zero-order valence-corrected chi connectivity index (χ0v) is 5.34. The van der Waals surface area contributed by atoms with Crippen LogP contribution in [0.4, 0.5) is 0 Å². The van der Waals surface area contributed by atoms with Crippen LogP contribution in [0.2, 0.25) is 0 Å². The van der Waals surface area contributed by atoms with E-state index in [4.69, 9.17) is 0 Å². The molecule has 1 heterocycles. The number of nitrogens with one attached hydrogen (secondary N) is 1. The van der Waals surface area contributed by atoms with Crippen LogP contribution in [0.15, 0.2) is 12.2 Å². The maximum atomic E-state index is 9.85. The van der Waals surface area contributed by atoms with E-state index in [1.165, 1.54) is 6.42 Å². The maximum Gasteiger partial charge on any atom is 0.142 e. The molecule has 9 heavy (non-hydrogen) atoms.